The number of unbranched alkanes of at least 4 members (excludes halogenated alkanes) is 4. The summed E-state index contributed by atoms with van der Waals surface area (Å²) in [7, 11) is 0. The fourth-order valence-electron chi connectivity index (χ4n) is 3.31. The number of hydrogen-bond acceptors (Lipinski definition) is 3. The highest BCUT2D eigenvalue weighted by Crippen LogP contribution is 2.34. The number of rotatable bonds is 12. The van der Waals surface area contributed by atoms with Gasteiger partial charge in [-0.2, -0.15) is 0 Å². The van der Waals surface area contributed by atoms with Gasteiger partial charge in [-0.25, -0.2) is 0 Å². The van der Waals surface area contributed by atoms with Crippen molar-refractivity contribution in [2.45, 2.75) is 83.7 Å². The largest absolute Gasteiger partial charge is 0.481 e. The van der Waals surface area contributed by atoms with Crippen LogP contribution in [0.5, 0.6) is 0 Å². The summed E-state index contributed by atoms with van der Waals surface area (Å²) in [5.74, 6) is -0.00192. The molecule has 3 atom stereocenters. The number of carbonyl (C=O) groups is 2. The topological polar surface area (TPSA) is 74.6 Å². The maximum absolute atomic E-state index is 12.0. The quantitative estimate of drug-likeness (QED) is 0.418. The first kappa shape index (κ1) is 19.9. The lowest BCUT2D eigenvalue weighted by Crippen LogP contribution is -2.14. The molecule has 0 bridgehead atoms. The van der Waals surface area contributed by atoms with Gasteiger partial charge in [0.2, 0.25) is 0 Å². The van der Waals surface area contributed by atoms with E-state index in [9.17, 15) is 14.7 Å². The maximum Gasteiger partial charge on any atom is 0.303 e. The number of aliphatic carboxylic acids is 1. The molecule has 0 saturated heterocycles. The molecule has 1 aliphatic rings. The summed E-state index contributed by atoms with van der Waals surface area (Å²) in [5, 5.41) is 18.5. The maximum atomic E-state index is 12.0. The van der Waals surface area contributed by atoms with Gasteiger partial charge in [-0.3, -0.25) is 9.59 Å². The molecule has 0 spiro atoms. The first-order valence-electron chi connectivity index (χ1n) is 9.15. The molecule has 0 aliphatic heterocycles. The predicted molar refractivity (Wildman–Crippen MR) is 91.2 cm³/mol. The number of ketones is 1. The van der Waals surface area contributed by atoms with Crippen molar-refractivity contribution < 1.29 is 19.8 Å². The molecule has 4 heteroatoms. The standard InChI is InChI=1S/C19H32O4/c1-2-3-8-16(20)13-11-15-12-14-18(21)17(15)9-6-4-5-7-10-19(22)23/h11,13,15-17,20H,2-10,12,14H2,1H3,(H,22,23)/b13-11+. The van der Waals surface area contributed by atoms with Crippen LogP contribution in [0, 0.1) is 11.8 Å². The van der Waals surface area contributed by atoms with Crippen LogP contribution in [0.4, 0.5) is 0 Å². The Balaban J connectivity index is 2.29. The van der Waals surface area contributed by atoms with Gasteiger partial charge in [0, 0.05) is 18.8 Å². The number of carboxylic acids is 1. The van der Waals surface area contributed by atoms with Crippen molar-refractivity contribution in [3.63, 3.8) is 0 Å². The number of allylic oxidation sites excluding steroid dienone is 1. The molecule has 1 fully saturated rings. The zero-order chi connectivity index (χ0) is 17.1. The van der Waals surface area contributed by atoms with Gasteiger partial charge in [-0.05, 0) is 31.6 Å². The Bertz CT molecular complexity index is 389. The summed E-state index contributed by atoms with van der Waals surface area (Å²) in [5.41, 5.74) is 0. The van der Waals surface area contributed by atoms with Crippen LogP contribution in [0.15, 0.2) is 12.2 Å². The molecule has 2 N–H and O–H groups in total. The first-order valence-corrected chi connectivity index (χ1v) is 9.15. The van der Waals surface area contributed by atoms with Gasteiger partial charge in [0.25, 0.3) is 0 Å². The smallest absolute Gasteiger partial charge is 0.303 e. The minimum atomic E-state index is -0.734. The molecule has 4 nitrogen and oxygen atoms in total. The Morgan fingerprint density at radius 3 is 2.70 bits per heavy atom. The van der Waals surface area contributed by atoms with Crippen molar-refractivity contribution in [1.82, 2.24) is 0 Å². The molecule has 0 aromatic carbocycles. The second-order valence-electron chi connectivity index (χ2n) is 6.72. The molecule has 0 aromatic heterocycles. The fraction of sp³-hybridized carbons (Fsp3) is 0.789. The average Bonchev–Trinajstić information content (AvgIpc) is 2.86. The van der Waals surface area contributed by atoms with E-state index in [4.69, 9.17) is 5.11 Å². The highest BCUT2D eigenvalue weighted by atomic mass is 16.4. The van der Waals surface area contributed by atoms with E-state index < -0.39 is 5.97 Å². The number of hydrogen-bond donors (Lipinski definition) is 2. The molecule has 1 aliphatic carbocycles. The van der Waals surface area contributed by atoms with Crippen LogP contribution in [-0.4, -0.2) is 28.1 Å². The van der Waals surface area contributed by atoms with Gasteiger partial charge in [0.1, 0.15) is 5.78 Å². The van der Waals surface area contributed by atoms with Gasteiger partial charge in [0.05, 0.1) is 6.10 Å². The highest BCUT2D eigenvalue weighted by Gasteiger charge is 2.32. The first-order chi connectivity index (χ1) is 11.0. The van der Waals surface area contributed by atoms with Crippen LogP contribution in [-0.2, 0) is 9.59 Å². The summed E-state index contributed by atoms with van der Waals surface area (Å²) in [6.07, 6.45) is 12.8. The van der Waals surface area contributed by atoms with Crippen LogP contribution in [0.1, 0.15) is 77.6 Å². The zero-order valence-corrected chi connectivity index (χ0v) is 14.4. The highest BCUT2D eigenvalue weighted by molar-refractivity contribution is 5.83. The number of Topliss-reactive ketones (excluding diaryl/α,β-unsaturated/α-hetero) is 1. The third-order valence-corrected chi connectivity index (χ3v) is 4.74. The van der Waals surface area contributed by atoms with E-state index in [1.807, 2.05) is 6.08 Å². The Hall–Kier alpha value is -1.16. The van der Waals surface area contributed by atoms with Crippen LogP contribution in [0.3, 0.4) is 0 Å². The van der Waals surface area contributed by atoms with Gasteiger partial charge in [0.15, 0.2) is 0 Å². The molecular weight excluding hydrogens is 292 g/mol. The molecule has 0 aromatic rings. The number of aliphatic hydroxyl groups is 1. The molecule has 1 saturated carbocycles. The van der Waals surface area contributed by atoms with Crippen LogP contribution >= 0.6 is 0 Å². The molecule has 132 valence electrons. The lowest BCUT2D eigenvalue weighted by molar-refractivity contribution is -0.137. The van der Waals surface area contributed by atoms with E-state index in [0.29, 0.717) is 12.2 Å². The molecule has 23 heavy (non-hydrogen) atoms. The summed E-state index contributed by atoms with van der Waals surface area (Å²) < 4.78 is 0. The summed E-state index contributed by atoms with van der Waals surface area (Å²) in [4.78, 5) is 22.5. The molecule has 0 amide bonds. The molecule has 0 heterocycles. The molecule has 0 radical (unpaired) electrons. The van der Waals surface area contributed by atoms with E-state index in [1.165, 1.54) is 0 Å². The fourth-order valence-corrected chi connectivity index (χ4v) is 3.31. The molecule has 3 unspecified atom stereocenters. The Morgan fingerprint density at radius 1 is 1.26 bits per heavy atom. The van der Waals surface area contributed by atoms with Crippen LogP contribution in [0.2, 0.25) is 0 Å². The SMILES string of the molecule is CCCCC(O)/C=C/C1CCC(=O)C1CCCCCCC(=O)O. The Labute approximate surface area is 140 Å². The minimum Gasteiger partial charge on any atom is -0.481 e. The van der Waals surface area contributed by atoms with Crippen molar-refractivity contribution in [2.24, 2.45) is 11.8 Å². The Kier molecular flexibility index (Phi) is 9.85. The van der Waals surface area contributed by atoms with E-state index in [-0.39, 0.29) is 24.4 Å². The number of carbonyl (C=O) groups excluding carboxylic acids is 1. The number of carboxylic acid groups (broad SMARTS) is 1. The van der Waals surface area contributed by atoms with Crippen molar-refractivity contribution >= 4 is 11.8 Å². The Morgan fingerprint density at radius 2 is 2.00 bits per heavy atom. The predicted octanol–water partition coefficient (Wildman–Crippen LogP) is 4.11. The second kappa shape index (κ2) is 11.4. The van der Waals surface area contributed by atoms with E-state index in [2.05, 4.69) is 13.0 Å². The third kappa shape index (κ3) is 8.31. The normalized spacial score (nSPS) is 22.8. The van der Waals surface area contributed by atoms with Crippen molar-refractivity contribution in [1.29, 1.82) is 0 Å². The van der Waals surface area contributed by atoms with Gasteiger partial charge < -0.3 is 10.2 Å². The lowest BCUT2D eigenvalue weighted by atomic mass is 9.89. The molecule has 1 rings (SSSR count). The van der Waals surface area contributed by atoms with Crippen molar-refractivity contribution in [3.8, 4) is 0 Å². The monoisotopic (exact) mass is 324 g/mol. The van der Waals surface area contributed by atoms with Gasteiger partial charge in [-0.15, -0.1) is 0 Å². The van der Waals surface area contributed by atoms with Crippen LogP contribution < -0.4 is 0 Å². The summed E-state index contributed by atoms with van der Waals surface area (Å²) >= 11 is 0. The van der Waals surface area contributed by atoms with Gasteiger partial charge >= 0.3 is 5.97 Å². The van der Waals surface area contributed by atoms with E-state index in [0.717, 1.165) is 57.8 Å². The third-order valence-electron chi connectivity index (χ3n) is 4.74. The van der Waals surface area contributed by atoms with Gasteiger partial charge in [-0.1, -0.05) is 51.2 Å². The van der Waals surface area contributed by atoms with Crippen molar-refractivity contribution in [2.75, 3.05) is 0 Å². The van der Waals surface area contributed by atoms with Crippen molar-refractivity contribution in [3.05, 3.63) is 12.2 Å². The minimum absolute atomic E-state index is 0.101. The summed E-state index contributed by atoms with van der Waals surface area (Å²) in [6.45, 7) is 2.11. The van der Waals surface area contributed by atoms with E-state index in [1.54, 1.807) is 0 Å². The zero-order valence-electron chi connectivity index (χ0n) is 14.4. The van der Waals surface area contributed by atoms with Crippen LogP contribution in [0.25, 0.3) is 0 Å². The second-order valence-corrected chi connectivity index (χ2v) is 6.72. The average molecular weight is 324 g/mol. The molecular formula is C19H32O4. The van der Waals surface area contributed by atoms with E-state index >= 15 is 0 Å². The lowest BCUT2D eigenvalue weighted by Gasteiger charge is -2.15. The number of aliphatic hydroxyl groups excluding tert-OH is 1. The summed E-state index contributed by atoms with van der Waals surface area (Å²) in [6, 6.07) is 0.